The molecule has 10 rings (SSSR count). The van der Waals surface area contributed by atoms with E-state index in [1.54, 1.807) is 7.11 Å². The van der Waals surface area contributed by atoms with Crippen LogP contribution >= 0.6 is 0 Å². The highest BCUT2D eigenvalue weighted by Crippen LogP contribution is 2.49. The Morgan fingerprint density at radius 1 is 0.764 bits per heavy atom. The number of fused-ring (bicyclic) bond motifs is 6. The molecule has 6 heteroatoms. The Morgan fingerprint density at radius 3 is 2.05 bits per heavy atom. The van der Waals surface area contributed by atoms with Crippen molar-refractivity contribution in [3.05, 3.63) is 168 Å². The van der Waals surface area contributed by atoms with Crippen molar-refractivity contribution >= 4 is 32.4 Å². The highest BCUT2D eigenvalue weighted by Gasteiger charge is 2.54. The Morgan fingerprint density at radius 2 is 1.42 bits per heavy atom. The van der Waals surface area contributed by atoms with E-state index >= 15 is 0 Å². The largest absolute Gasteiger partial charge is 0.496 e. The van der Waals surface area contributed by atoms with Crippen molar-refractivity contribution in [3.63, 3.8) is 0 Å². The second kappa shape index (κ2) is 14.9. The number of ether oxygens (including phenoxy) is 3. The van der Waals surface area contributed by atoms with Gasteiger partial charge in [-0.05, 0) is 81.1 Å². The highest BCUT2D eigenvalue weighted by atomic mass is 16.5. The first-order chi connectivity index (χ1) is 27.0. The Bertz CT molecular complexity index is 2410. The molecule has 6 nitrogen and oxygen atoms in total. The number of aliphatic hydroxyl groups is 1. The normalized spacial score (nSPS) is 21.1. The molecule has 1 N–H and O–H groups in total. The Balaban J connectivity index is 1.06. The molecule has 0 amide bonds. The summed E-state index contributed by atoms with van der Waals surface area (Å²) in [4.78, 5) is 4.63. The summed E-state index contributed by atoms with van der Waals surface area (Å²) in [6.07, 6.45) is 5.27. The van der Waals surface area contributed by atoms with E-state index in [4.69, 9.17) is 14.2 Å². The number of quaternary nitrogens is 1. The standard InChI is InChI=1S/C49H47N2O4/c1-3-36-30-51(22-20-41(36)27-46(51)49(52)44-19-21-50-45-13-8-14-47(53-2)48(44)45)29-35-25-42(54-31-33-15-17-37-9-4-6-11-39(37)23-33)28-43(26-35)55-32-34-16-18-38-10-5-7-12-40(38)24-34/h3-19,21,23-26,28,36,41,46,49,52H,1,20,22,27,29-32H2,2H3/q+1. The van der Waals surface area contributed by atoms with Crippen molar-refractivity contribution in [2.75, 3.05) is 20.2 Å². The number of aromatic nitrogens is 1. The van der Waals surface area contributed by atoms with E-state index in [0.717, 1.165) is 87.4 Å². The van der Waals surface area contributed by atoms with Crippen LogP contribution in [-0.4, -0.2) is 40.8 Å². The molecule has 0 radical (unpaired) electrons. The summed E-state index contributed by atoms with van der Waals surface area (Å²) in [5.41, 5.74) is 5.05. The minimum atomic E-state index is -0.702. The summed E-state index contributed by atoms with van der Waals surface area (Å²) in [6, 6.07) is 44.0. The summed E-state index contributed by atoms with van der Waals surface area (Å²) in [7, 11) is 1.68. The monoisotopic (exact) mass is 727 g/mol. The lowest BCUT2D eigenvalue weighted by atomic mass is 9.71. The fourth-order valence-corrected chi connectivity index (χ4v) is 9.45. The van der Waals surface area contributed by atoms with Gasteiger partial charge in [-0.3, -0.25) is 4.98 Å². The molecule has 4 heterocycles. The smallest absolute Gasteiger partial charge is 0.132 e. The first kappa shape index (κ1) is 35.0. The van der Waals surface area contributed by atoms with Crippen LogP contribution < -0.4 is 14.2 Å². The van der Waals surface area contributed by atoms with Gasteiger partial charge in [0.15, 0.2) is 0 Å². The molecule has 0 spiro atoms. The van der Waals surface area contributed by atoms with E-state index in [2.05, 4.69) is 115 Å². The SMILES string of the molecule is C=CC1C[N+]2(Cc3cc(OCc4ccc5ccccc5c4)cc(OCc4ccc5ccccc5c4)c3)CCC1CC2C(O)c1ccnc2cccc(OC)c12. The lowest BCUT2D eigenvalue weighted by Crippen LogP contribution is -2.67. The first-order valence-corrected chi connectivity index (χ1v) is 19.4. The molecule has 2 bridgehead atoms. The number of hydrogen-bond acceptors (Lipinski definition) is 5. The summed E-state index contributed by atoms with van der Waals surface area (Å²) in [5, 5.41) is 18.2. The molecule has 6 aromatic carbocycles. The van der Waals surface area contributed by atoms with Gasteiger partial charge in [0, 0.05) is 47.5 Å². The molecular formula is C49H47N2O4+. The predicted octanol–water partition coefficient (Wildman–Crippen LogP) is 10.4. The van der Waals surface area contributed by atoms with Gasteiger partial charge in [-0.15, -0.1) is 6.58 Å². The highest BCUT2D eigenvalue weighted by molar-refractivity contribution is 5.89. The van der Waals surface area contributed by atoms with E-state index in [1.807, 2.05) is 36.5 Å². The number of aliphatic hydroxyl groups excluding tert-OH is 1. The third-order valence-corrected chi connectivity index (χ3v) is 12.2. The van der Waals surface area contributed by atoms with Crippen LogP contribution in [0.2, 0.25) is 0 Å². The van der Waals surface area contributed by atoms with Crippen molar-refractivity contribution in [2.45, 2.75) is 44.7 Å². The molecule has 1 aromatic heterocycles. The van der Waals surface area contributed by atoms with Gasteiger partial charge >= 0.3 is 0 Å². The van der Waals surface area contributed by atoms with Crippen LogP contribution in [0.25, 0.3) is 32.4 Å². The van der Waals surface area contributed by atoms with Crippen LogP contribution in [0.3, 0.4) is 0 Å². The van der Waals surface area contributed by atoms with E-state index in [0.29, 0.717) is 25.0 Å². The van der Waals surface area contributed by atoms with Crippen molar-refractivity contribution in [1.82, 2.24) is 4.98 Å². The Kier molecular flexibility index (Phi) is 9.47. The lowest BCUT2D eigenvalue weighted by Gasteiger charge is -2.58. The lowest BCUT2D eigenvalue weighted by molar-refractivity contribution is -0.984. The van der Waals surface area contributed by atoms with Gasteiger partial charge in [-0.2, -0.15) is 0 Å². The Labute approximate surface area is 322 Å². The van der Waals surface area contributed by atoms with Crippen molar-refractivity contribution in [3.8, 4) is 17.2 Å². The van der Waals surface area contributed by atoms with E-state index in [1.165, 1.54) is 21.5 Å². The molecule has 55 heavy (non-hydrogen) atoms. The second-order valence-electron chi connectivity index (χ2n) is 15.5. The van der Waals surface area contributed by atoms with Gasteiger partial charge in [0.1, 0.15) is 49.2 Å². The molecule has 3 fully saturated rings. The number of pyridine rings is 1. The van der Waals surface area contributed by atoms with Gasteiger partial charge < -0.3 is 23.8 Å². The van der Waals surface area contributed by atoms with Crippen LogP contribution in [0.4, 0.5) is 0 Å². The summed E-state index contributed by atoms with van der Waals surface area (Å²) in [5.74, 6) is 3.15. The molecule has 7 aromatic rings. The van der Waals surface area contributed by atoms with Gasteiger partial charge in [0.2, 0.25) is 0 Å². The number of rotatable bonds is 12. The summed E-state index contributed by atoms with van der Waals surface area (Å²) < 4.78 is 19.7. The first-order valence-electron chi connectivity index (χ1n) is 19.4. The average molecular weight is 728 g/mol. The third-order valence-electron chi connectivity index (χ3n) is 12.2. The van der Waals surface area contributed by atoms with E-state index < -0.39 is 6.10 Å². The number of benzene rings is 6. The average Bonchev–Trinajstić information content (AvgIpc) is 3.24. The molecule has 3 saturated heterocycles. The van der Waals surface area contributed by atoms with Crippen LogP contribution in [0.1, 0.15) is 41.2 Å². The maximum Gasteiger partial charge on any atom is 0.132 e. The van der Waals surface area contributed by atoms with Crippen LogP contribution in [0.15, 0.2) is 146 Å². The minimum Gasteiger partial charge on any atom is -0.496 e. The van der Waals surface area contributed by atoms with Crippen LogP contribution in [0.5, 0.6) is 17.2 Å². The van der Waals surface area contributed by atoms with Crippen LogP contribution in [-0.2, 0) is 19.8 Å². The minimum absolute atomic E-state index is 0.0189. The van der Waals surface area contributed by atoms with Crippen molar-refractivity contribution in [2.24, 2.45) is 11.8 Å². The van der Waals surface area contributed by atoms with E-state index in [9.17, 15) is 5.11 Å². The zero-order valence-corrected chi connectivity index (χ0v) is 31.3. The molecule has 3 aliphatic rings. The van der Waals surface area contributed by atoms with Crippen molar-refractivity contribution < 1.29 is 23.8 Å². The summed E-state index contributed by atoms with van der Waals surface area (Å²) in [6.45, 7) is 7.79. The molecule has 276 valence electrons. The van der Waals surface area contributed by atoms with Gasteiger partial charge in [-0.1, -0.05) is 84.9 Å². The Hall–Kier alpha value is -5.69. The van der Waals surface area contributed by atoms with Gasteiger partial charge in [0.25, 0.3) is 0 Å². The van der Waals surface area contributed by atoms with Gasteiger partial charge in [0.05, 0.1) is 25.7 Å². The number of nitrogens with zero attached hydrogens (tertiary/aromatic N) is 2. The zero-order valence-electron chi connectivity index (χ0n) is 31.3. The van der Waals surface area contributed by atoms with Crippen LogP contribution in [0, 0.1) is 11.8 Å². The molecule has 0 saturated carbocycles. The quantitative estimate of drug-likeness (QED) is 0.100. The fourth-order valence-electron chi connectivity index (χ4n) is 9.45. The molecule has 5 unspecified atom stereocenters. The topological polar surface area (TPSA) is 60.8 Å². The zero-order chi connectivity index (χ0) is 37.4. The van der Waals surface area contributed by atoms with Crippen molar-refractivity contribution in [1.29, 1.82) is 0 Å². The molecule has 5 atom stereocenters. The number of piperidine rings is 3. The fraction of sp³-hybridized carbons (Fsp3) is 0.245. The maximum atomic E-state index is 12.5. The number of methoxy groups -OCH3 is 1. The van der Waals surface area contributed by atoms with E-state index in [-0.39, 0.29) is 6.04 Å². The summed E-state index contributed by atoms with van der Waals surface area (Å²) >= 11 is 0. The molecule has 0 aliphatic carbocycles. The molecule has 3 aliphatic heterocycles. The molecular weight excluding hydrogens is 681 g/mol. The predicted molar refractivity (Wildman–Crippen MR) is 220 cm³/mol. The van der Waals surface area contributed by atoms with Gasteiger partial charge in [-0.25, -0.2) is 0 Å². The third kappa shape index (κ3) is 6.93. The number of hydrogen-bond donors (Lipinski definition) is 1. The second-order valence-corrected chi connectivity index (χ2v) is 15.5. The maximum absolute atomic E-state index is 12.5.